The molecule has 0 unspecified atom stereocenters. The maximum absolute atomic E-state index is 12.2. The lowest BCUT2D eigenvalue weighted by Crippen LogP contribution is -2.20. The van der Waals surface area contributed by atoms with Gasteiger partial charge in [0.1, 0.15) is 5.69 Å². The fourth-order valence-electron chi connectivity index (χ4n) is 2.13. The first kappa shape index (κ1) is 14.5. The SMILES string of the molecule is Cn1ncc(NC(=O)c2cc(-c3ccccc3)on2)c1C(N)=O. The van der Waals surface area contributed by atoms with E-state index in [1.54, 1.807) is 7.05 Å². The van der Waals surface area contributed by atoms with Crippen LogP contribution >= 0.6 is 0 Å². The van der Waals surface area contributed by atoms with Crippen LogP contribution in [0.2, 0.25) is 0 Å². The molecule has 2 heterocycles. The zero-order valence-corrected chi connectivity index (χ0v) is 12.2. The van der Waals surface area contributed by atoms with Gasteiger partial charge in [-0.15, -0.1) is 0 Å². The molecule has 0 atom stereocenters. The number of anilines is 1. The van der Waals surface area contributed by atoms with E-state index in [0.717, 1.165) is 5.56 Å². The Hall–Kier alpha value is -3.42. The highest BCUT2D eigenvalue weighted by Crippen LogP contribution is 2.21. The third-order valence-electron chi connectivity index (χ3n) is 3.22. The molecular formula is C15H13N5O3. The van der Waals surface area contributed by atoms with Crippen LogP contribution < -0.4 is 11.1 Å². The van der Waals surface area contributed by atoms with E-state index < -0.39 is 11.8 Å². The van der Waals surface area contributed by atoms with Crippen LogP contribution in [-0.4, -0.2) is 26.8 Å². The summed E-state index contributed by atoms with van der Waals surface area (Å²) in [6.07, 6.45) is 1.34. The van der Waals surface area contributed by atoms with Crippen LogP contribution in [0.25, 0.3) is 11.3 Å². The van der Waals surface area contributed by atoms with Crippen LogP contribution in [0.3, 0.4) is 0 Å². The van der Waals surface area contributed by atoms with E-state index in [1.165, 1.54) is 16.9 Å². The summed E-state index contributed by atoms with van der Waals surface area (Å²) in [6.45, 7) is 0. The van der Waals surface area contributed by atoms with Gasteiger partial charge in [0, 0.05) is 18.7 Å². The van der Waals surface area contributed by atoms with E-state index in [9.17, 15) is 9.59 Å². The van der Waals surface area contributed by atoms with Gasteiger partial charge in [-0.05, 0) is 0 Å². The van der Waals surface area contributed by atoms with E-state index >= 15 is 0 Å². The van der Waals surface area contributed by atoms with Crippen LogP contribution in [0.1, 0.15) is 21.0 Å². The van der Waals surface area contributed by atoms with Crippen molar-refractivity contribution in [2.45, 2.75) is 0 Å². The Morgan fingerprint density at radius 3 is 2.70 bits per heavy atom. The Morgan fingerprint density at radius 2 is 2.00 bits per heavy atom. The van der Waals surface area contributed by atoms with Crippen molar-refractivity contribution >= 4 is 17.5 Å². The molecule has 0 bridgehead atoms. The van der Waals surface area contributed by atoms with Gasteiger partial charge < -0.3 is 15.6 Å². The second-order valence-electron chi connectivity index (χ2n) is 4.79. The second kappa shape index (κ2) is 5.76. The minimum Gasteiger partial charge on any atom is -0.364 e. The number of nitrogens with one attached hydrogen (secondary N) is 1. The van der Waals surface area contributed by atoms with Crippen LogP contribution in [0.4, 0.5) is 5.69 Å². The number of nitrogens with zero attached hydrogens (tertiary/aromatic N) is 3. The molecule has 0 spiro atoms. The number of aromatic nitrogens is 3. The summed E-state index contributed by atoms with van der Waals surface area (Å²) in [7, 11) is 1.55. The minimum absolute atomic E-state index is 0.0862. The van der Waals surface area contributed by atoms with Crippen molar-refractivity contribution in [3.63, 3.8) is 0 Å². The number of aryl methyl sites for hydroxylation is 1. The molecule has 0 aliphatic rings. The van der Waals surface area contributed by atoms with E-state index in [-0.39, 0.29) is 17.1 Å². The minimum atomic E-state index is -0.689. The Labute approximate surface area is 130 Å². The molecule has 0 aliphatic carbocycles. The summed E-state index contributed by atoms with van der Waals surface area (Å²) in [6, 6.07) is 10.8. The van der Waals surface area contributed by atoms with Gasteiger partial charge in [0.15, 0.2) is 11.5 Å². The molecule has 2 aromatic heterocycles. The van der Waals surface area contributed by atoms with Gasteiger partial charge >= 0.3 is 0 Å². The van der Waals surface area contributed by atoms with Crippen molar-refractivity contribution in [1.29, 1.82) is 0 Å². The highest BCUT2D eigenvalue weighted by molar-refractivity contribution is 6.07. The molecule has 8 nitrogen and oxygen atoms in total. The van der Waals surface area contributed by atoms with Crippen LogP contribution in [0, 0.1) is 0 Å². The number of rotatable bonds is 4. The third kappa shape index (κ3) is 2.82. The molecule has 3 N–H and O–H groups in total. The zero-order chi connectivity index (χ0) is 16.4. The van der Waals surface area contributed by atoms with Gasteiger partial charge in [-0.25, -0.2) is 0 Å². The molecule has 0 fully saturated rings. The fraction of sp³-hybridized carbons (Fsp3) is 0.0667. The topological polar surface area (TPSA) is 116 Å². The molecule has 0 radical (unpaired) electrons. The lowest BCUT2D eigenvalue weighted by Gasteiger charge is -2.02. The average Bonchev–Trinajstić information content (AvgIpc) is 3.15. The lowest BCUT2D eigenvalue weighted by molar-refractivity contribution is 0.0992. The molecule has 3 aromatic rings. The molecule has 0 saturated carbocycles. The van der Waals surface area contributed by atoms with Crippen LogP contribution in [0.5, 0.6) is 0 Å². The Balaban J connectivity index is 1.83. The molecular weight excluding hydrogens is 298 g/mol. The van der Waals surface area contributed by atoms with Crippen molar-refractivity contribution < 1.29 is 14.1 Å². The highest BCUT2D eigenvalue weighted by atomic mass is 16.5. The van der Waals surface area contributed by atoms with E-state index in [4.69, 9.17) is 10.3 Å². The summed E-state index contributed by atoms with van der Waals surface area (Å²) in [4.78, 5) is 23.6. The maximum Gasteiger partial charge on any atom is 0.277 e. The average molecular weight is 311 g/mol. The first-order valence-corrected chi connectivity index (χ1v) is 6.71. The number of carbonyl (C=O) groups is 2. The smallest absolute Gasteiger partial charge is 0.277 e. The van der Waals surface area contributed by atoms with Gasteiger partial charge in [-0.1, -0.05) is 35.5 Å². The Kier molecular flexibility index (Phi) is 3.63. The number of hydrogen-bond acceptors (Lipinski definition) is 5. The monoisotopic (exact) mass is 311 g/mol. The molecule has 3 rings (SSSR count). The third-order valence-corrected chi connectivity index (χ3v) is 3.22. The largest absolute Gasteiger partial charge is 0.364 e. The van der Waals surface area contributed by atoms with E-state index in [1.807, 2.05) is 30.3 Å². The summed E-state index contributed by atoms with van der Waals surface area (Å²) >= 11 is 0. The molecule has 116 valence electrons. The van der Waals surface area contributed by atoms with Crippen molar-refractivity contribution in [3.05, 3.63) is 54.0 Å². The predicted octanol–water partition coefficient (Wildman–Crippen LogP) is 1.43. The quantitative estimate of drug-likeness (QED) is 0.756. The number of amides is 2. The second-order valence-corrected chi connectivity index (χ2v) is 4.79. The summed E-state index contributed by atoms with van der Waals surface area (Å²) < 4.78 is 6.46. The van der Waals surface area contributed by atoms with Crippen molar-refractivity contribution in [1.82, 2.24) is 14.9 Å². The highest BCUT2D eigenvalue weighted by Gasteiger charge is 2.19. The van der Waals surface area contributed by atoms with Gasteiger partial charge in [0.05, 0.1) is 11.9 Å². The maximum atomic E-state index is 12.2. The van der Waals surface area contributed by atoms with E-state index in [2.05, 4.69) is 15.6 Å². The number of benzene rings is 1. The van der Waals surface area contributed by atoms with Crippen LogP contribution in [-0.2, 0) is 7.05 Å². The van der Waals surface area contributed by atoms with Crippen molar-refractivity contribution in [2.24, 2.45) is 12.8 Å². The number of nitrogens with two attached hydrogens (primary N) is 1. The van der Waals surface area contributed by atoms with Gasteiger partial charge in [-0.2, -0.15) is 5.10 Å². The van der Waals surface area contributed by atoms with Gasteiger partial charge in [0.2, 0.25) is 0 Å². The first-order valence-electron chi connectivity index (χ1n) is 6.71. The summed E-state index contributed by atoms with van der Waals surface area (Å²) in [5.41, 5.74) is 6.48. The Bertz CT molecular complexity index is 866. The fourth-order valence-corrected chi connectivity index (χ4v) is 2.13. The van der Waals surface area contributed by atoms with Crippen molar-refractivity contribution in [3.8, 4) is 11.3 Å². The Morgan fingerprint density at radius 1 is 1.26 bits per heavy atom. The molecule has 8 heteroatoms. The molecule has 0 saturated heterocycles. The normalized spacial score (nSPS) is 10.5. The molecule has 0 aliphatic heterocycles. The van der Waals surface area contributed by atoms with Crippen molar-refractivity contribution in [2.75, 3.05) is 5.32 Å². The molecule has 23 heavy (non-hydrogen) atoms. The first-order chi connectivity index (χ1) is 11.1. The standard InChI is InChI=1S/C15H13N5O3/c1-20-13(14(16)21)11(8-17-20)18-15(22)10-7-12(23-19-10)9-5-3-2-4-6-9/h2-8H,1H3,(H2,16,21)(H,18,22). The number of hydrogen-bond donors (Lipinski definition) is 2. The summed E-state index contributed by atoms with van der Waals surface area (Å²) in [5, 5.41) is 10.2. The van der Waals surface area contributed by atoms with Gasteiger partial charge in [-0.3, -0.25) is 14.3 Å². The lowest BCUT2D eigenvalue weighted by atomic mass is 10.1. The molecule has 1 aromatic carbocycles. The number of primary amides is 1. The number of carbonyl (C=O) groups excluding carboxylic acids is 2. The zero-order valence-electron chi connectivity index (χ0n) is 12.2. The van der Waals surface area contributed by atoms with Crippen LogP contribution in [0.15, 0.2) is 47.1 Å². The molecule has 2 amide bonds. The van der Waals surface area contributed by atoms with E-state index in [0.29, 0.717) is 5.76 Å². The summed E-state index contributed by atoms with van der Waals surface area (Å²) in [5.74, 6) is -0.742. The van der Waals surface area contributed by atoms with Gasteiger partial charge in [0.25, 0.3) is 11.8 Å². The predicted molar refractivity (Wildman–Crippen MR) is 81.6 cm³/mol.